The normalized spacial score (nSPS) is 13.8. The van der Waals surface area contributed by atoms with Crippen LogP contribution in [0.2, 0.25) is 0 Å². The average Bonchev–Trinajstić information content (AvgIpc) is 3.00. The maximum atomic E-state index is 5.45. The molecule has 0 bridgehead atoms. The van der Waals surface area contributed by atoms with Crippen molar-refractivity contribution in [1.82, 2.24) is 10.3 Å². The lowest BCUT2D eigenvalue weighted by Crippen LogP contribution is -2.40. The molecule has 0 fully saturated rings. The SMILES string of the molecule is CCOc1cc(CNC(=NC)N2CCc3ccccc32)ccn1. The summed E-state index contributed by atoms with van der Waals surface area (Å²) in [5.41, 5.74) is 3.74. The van der Waals surface area contributed by atoms with Gasteiger partial charge in [0.05, 0.1) is 6.61 Å². The molecule has 1 aromatic carbocycles. The number of rotatable bonds is 4. The number of anilines is 1. The summed E-state index contributed by atoms with van der Waals surface area (Å²) in [4.78, 5) is 10.9. The van der Waals surface area contributed by atoms with Crippen LogP contribution in [-0.4, -0.2) is 31.1 Å². The molecule has 0 radical (unpaired) electrons. The first kappa shape index (κ1) is 15.3. The van der Waals surface area contributed by atoms with Crippen LogP contribution >= 0.6 is 0 Å². The summed E-state index contributed by atoms with van der Waals surface area (Å²) in [6.45, 7) is 4.23. The van der Waals surface area contributed by atoms with Gasteiger partial charge in [0.1, 0.15) is 0 Å². The largest absolute Gasteiger partial charge is 0.478 e. The number of guanidine groups is 1. The highest BCUT2D eigenvalue weighted by molar-refractivity contribution is 5.97. The molecule has 23 heavy (non-hydrogen) atoms. The predicted molar refractivity (Wildman–Crippen MR) is 93.1 cm³/mol. The van der Waals surface area contributed by atoms with Crippen LogP contribution in [0.3, 0.4) is 0 Å². The standard InChI is InChI=1S/C18H22N4O/c1-3-23-17-12-14(8-10-20-17)13-21-18(19-2)22-11-9-15-6-4-5-7-16(15)22/h4-8,10,12H,3,9,11,13H2,1-2H3,(H,19,21). The van der Waals surface area contributed by atoms with E-state index in [9.17, 15) is 0 Å². The summed E-state index contributed by atoms with van der Waals surface area (Å²) in [5, 5.41) is 3.43. The third-order valence-corrected chi connectivity index (χ3v) is 3.90. The Hall–Kier alpha value is -2.56. The zero-order valence-corrected chi connectivity index (χ0v) is 13.6. The number of nitrogens with zero attached hydrogens (tertiary/aromatic N) is 3. The molecule has 0 saturated carbocycles. The van der Waals surface area contributed by atoms with Crippen molar-refractivity contribution in [3.63, 3.8) is 0 Å². The molecule has 0 aliphatic carbocycles. The number of ether oxygens (including phenoxy) is 1. The van der Waals surface area contributed by atoms with Gasteiger partial charge >= 0.3 is 0 Å². The minimum atomic E-state index is 0.621. The molecule has 5 heteroatoms. The van der Waals surface area contributed by atoms with E-state index in [1.807, 2.05) is 26.1 Å². The van der Waals surface area contributed by atoms with Gasteiger partial charge in [-0.15, -0.1) is 0 Å². The van der Waals surface area contributed by atoms with E-state index in [1.54, 1.807) is 6.20 Å². The Labute approximate surface area is 137 Å². The second-order valence-corrected chi connectivity index (χ2v) is 5.37. The Bertz CT molecular complexity index is 699. The molecule has 0 amide bonds. The lowest BCUT2D eigenvalue weighted by atomic mass is 10.2. The van der Waals surface area contributed by atoms with Crippen molar-refractivity contribution in [2.45, 2.75) is 19.9 Å². The van der Waals surface area contributed by atoms with Crippen molar-refractivity contribution < 1.29 is 4.74 Å². The molecular weight excluding hydrogens is 288 g/mol. The van der Waals surface area contributed by atoms with E-state index in [-0.39, 0.29) is 0 Å². The van der Waals surface area contributed by atoms with Crippen LogP contribution in [-0.2, 0) is 13.0 Å². The van der Waals surface area contributed by atoms with Gasteiger partial charge in [-0.2, -0.15) is 0 Å². The van der Waals surface area contributed by atoms with Crippen LogP contribution in [0, 0.1) is 0 Å². The van der Waals surface area contributed by atoms with Crippen molar-refractivity contribution in [2.75, 3.05) is 25.1 Å². The van der Waals surface area contributed by atoms with Crippen LogP contribution in [0.1, 0.15) is 18.1 Å². The molecular formula is C18H22N4O. The van der Waals surface area contributed by atoms with Crippen LogP contribution in [0.15, 0.2) is 47.6 Å². The Balaban J connectivity index is 1.68. The first-order valence-electron chi connectivity index (χ1n) is 7.95. The summed E-state index contributed by atoms with van der Waals surface area (Å²) in [7, 11) is 1.82. The first-order valence-corrected chi connectivity index (χ1v) is 7.95. The molecule has 120 valence electrons. The quantitative estimate of drug-likeness (QED) is 0.697. The molecule has 1 aliphatic rings. The maximum absolute atomic E-state index is 5.45. The van der Waals surface area contributed by atoms with E-state index in [0.29, 0.717) is 19.0 Å². The second kappa shape index (κ2) is 7.13. The van der Waals surface area contributed by atoms with E-state index in [4.69, 9.17) is 4.74 Å². The van der Waals surface area contributed by atoms with Crippen molar-refractivity contribution >= 4 is 11.6 Å². The molecule has 3 rings (SSSR count). The fourth-order valence-electron chi connectivity index (χ4n) is 2.82. The molecule has 2 aromatic rings. The Kier molecular flexibility index (Phi) is 4.76. The molecule has 0 unspecified atom stereocenters. The molecule has 0 saturated heterocycles. The van der Waals surface area contributed by atoms with E-state index < -0.39 is 0 Å². The van der Waals surface area contributed by atoms with Crippen LogP contribution in [0.5, 0.6) is 5.88 Å². The van der Waals surface area contributed by atoms with Crippen LogP contribution in [0.4, 0.5) is 5.69 Å². The summed E-state index contributed by atoms with van der Waals surface area (Å²) in [5.74, 6) is 1.55. The van der Waals surface area contributed by atoms with E-state index in [1.165, 1.54) is 11.3 Å². The minimum Gasteiger partial charge on any atom is -0.478 e. The fourth-order valence-corrected chi connectivity index (χ4v) is 2.82. The Morgan fingerprint density at radius 1 is 1.35 bits per heavy atom. The third kappa shape index (κ3) is 3.44. The zero-order chi connectivity index (χ0) is 16.1. The Morgan fingerprint density at radius 2 is 2.22 bits per heavy atom. The van der Waals surface area contributed by atoms with Gasteiger partial charge in [-0.05, 0) is 36.6 Å². The molecule has 1 aromatic heterocycles. The lowest BCUT2D eigenvalue weighted by Gasteiger charge is -2.22. The minimum absolute atomic E-state index is 0.621. The number of para-hydroxylation sites is 1. The maximum Gasteiger partial charge on any atom is 0.213 e. The number of pyridine rings is 1. The Morgan fingerprint density at radius 3 is 3.04 bits per heavy atom. The summed E-state index contributed by atoms with van der Waals surface area (Å²) in [6, 6.07) is 12.4. The van der Waals surface area contributed by atoms with Gasteiger partial charge in [0.25, 0.3) is 0 Å². The van der Waals surface area contributed by atoms with Crippen LogP contribution < -0.4 is 15.0 Å². The second-order valence-electron chi connectivity index (χ2n) is 5.37. The third-order valence-electron chi connectivity index (χ3n) is 3.90. The van der Waals surface area contributed by atoms with Crippen molar-refractivity contribution in [1.29, 1.82) is 0 Å². The molecule has 0 atom stereocenters. The van der Waals surface area contributed by atoms with Gasteiger partial charge in [-0.3, -0.25) is 4.99 Å². The number of aromatic nitrogens is 1. The van der Waals surface area contributed by atoms with E-state index in [0.717, 1.165) is 24.5 Å². The molecule has 0 spiro atoms. The van der Waals surface area contributed by atoms with Gasteiger partial charge in [0.15, 0.2) is 5.96 Å². The number of hydrogen-bond acceptors (Lipinski definition) is 3. The summed E-state index contributed by atoms with van der Waals surface area (Å²) >= 11 is 0. The van der Waals surface area contributed by atoms with Gasteiger partial charge in [0, 0.05) is 38.1 Å². The summed E-state index contributed by atoms with van der Waals surface area (Å²) < 4.78 is 5.45. The lowest BCUT2D eigenvalue weighted by molar-refractivity contribution is 0.326. The topological polar surface area (TPSA) is 49.8 Å². The number of aliphatic imine (C=N–C) groups is 1. The number of benzene rings is 1. The van der Waals surface area contributed by atoms with Crippen molar-refractivity contribution in [3.05, 3.63) is 53.7 Å². The van der Waals surface area contributed by atoms with Gasteiger partial charge < -0.3 is 15.0 Å². The fraction of sp³-hybridized carbons (Fsp3) is 0.333. The molecule has 1 aliphatic heterocycles. The molecule has 5 nitrogen and oxygen atoms in total. The smallest absolute Gasteiger partial charge is 0.213 e. The highest BCUT2D eigenvalue weighted by Crippen LogP contribution is 2.27. The molecule has 1 N–H and O–H groups in total. The molecule has 2 heterocycles. The number of nitrogens with one attached hydrogen (secondary N) is 1. The monoisotopic (exact) mass is 310 g/mol. The van der Waals surface area contributed by atoms with Gasteiger partial charge in [-0.1, -0.05) is 18.2 Å². The number of hydrogen-bond donors (Lipinski definition) is 1. The van der Waals surface area contributed by atoms with E-state index in [2.05, 4.69) is 44.5 Å². The first-order chi connectivity index (χ1) is 11.3. The van der Waals surface area contributed by atoms with Gasteiger partial charge in [-0.25, -0.2) is 4.98 Å². The highest BCUT2D eigenvalue weighted by atomic mass is 16.5. The average molecular weight is 310 g/mol. The van der Waals surface area contributed by atoms with Crippen molar-refractivity contribution in [3.8, 4) is 5.88 Å². The van der Waals surface area contributed by atoms with Crippen LogP contribution in [0.25, 0.3) is 0 Å². The van der Waals surface area contributed by atoms with E-state index >= 15 is 0 Å². The number of fused-ring (bicyclic) bond motifs is 1. The van der Waals surface area contributed by atoms with Crippen molar-refractivity contribution in [2.24, 2.45) is 4.99 Å². The zero-order valence-electron chi connectivity index (χ0n) is 13.6. The van der Waals surface area contributed by atoms with Gasteiger partial charge in [0.2, 0.25) is 5.88 Å². The summed E-state index contributed by atoms with van der Waals surface area (Å²) in [6.07, 6.45) is 2.83. The highest BCUT2D eigenvalue weighted by Gasteiger charge is 2.22. The predicted octanol–water partition coefficient (Wildman–Crippen LogP) is 2.62.